The maximum atomic E-state index is 14.3. The first-order valence-electron chi connectivity index (χ1n) is 12.2. The number of carbonyl (C=O) groups excluding carboxylic acids is 1. The minimum atomic E-state index is -4.61. The summed E-state index contributed by atoms with van der Waals surface area (Å²) in [6.45, 7) is 4.36. The fraction of sp³-hybridized carbons (Fsp3) is 0.310. The number of rotatable bonds is 12. The van der Waals surface area contributed by atoms with Crippen LogP contribution < -0.4 is 10.1 Å². The van der Waals surface area contributed by atoms with Gasteiger partial charge < -0.3 is 15.2 Å². The first-order valence-corrected chi connectivity index (χ1v) is 12.2. The van der Waals surface area contributed by atoms with Gasteiger partial charge >= 0.3 is 12.1 Å². The summed E-state index contributed by atoms with van der Waals surface area (Å²) in [6, 6.07) is 15.8. The van der Waals surface area contributed by atoms with Gasteiger partial charge in [0.1, 0.15) is 18.2 Å². The van der Waals surface area contributed by atoms with Crippen molar-refractivity contribution in [3.8, 4) is 16.9 Å². The third kappa shape index (κ3) is 8.06. The van der Waals surface area contributed by atoms with Gasteiger partial charge in [0.15, 0.2) is 5.78 Å². The van der Waals surface area contributed by atoms with Crippen LogP contribution in [-0.4, -0.2) is 29.5 Å². The number of carbonyl (C=O) groups is 2. The maximum Gasteiger partial charge on any atom is 0.416 e. The highest BCUT2D eigenvalue weighted by molar-refractivity contribution is 5.96. The molecule has 0 saturated carbocycles. The predicted octanol–water partition coefficient (Wildman–Crippen LogP) is 7.46. The van der Waals surface area contributed by atoms with Crippen LogP contribution in [0.5, 0.6) is 5.75 Å². The van der Waals surface area contributed by atoms with Gasteiger partial charge in [-0.2, -0.15) is 13.2 Å². The number of hydrogen-bond acceptors (Lipinski definition) is 4. The van der Waals surface area contributed by atoms with Crippen LogP contribution in [0.1, 0.15) is 49.0 Å². The molecule has 202 valence electrons. The van der Waals surface area contributed by atoms with E-state index in [-0.39, 0.29) is 36.1 Å². The average Bonchev–Trinajstić information content (AvgIpc) is 2.86. The highest BCUT2D eigenvalue weighted by Crippen LogP contribution is 2.33. The Kier molecular flexibility index (Phi) is 9.50. The smallest absolute Gasteiger partial charge is 0.416 e. The Balaban J connectivity index is 1.58. The van der Waals surface area contributed by atoms with Gasteiger partial charge in [-0.15, -0.1) is 0 Å². The Morgan fingerprint density at radius 2 is 1.61 bits per heavy atom. The van der Waals surface area contributed by atoms with E-state index < -0.39 is 23.5 Å². The molecule has 9 heteroatoms. The zero-order valence-electron chi connectivity index (χ0n) is 21.0. The van der Waals surface area contributed by atoms with Crippen molar-refractivity contribution in [2.45, 2.75) is 45.3 Å². The number of Topliss-reactive ketones (excluding diaryl/α,β-unsaturated/α-hetero) is 1. The number of alkyl halides is 3. The molecule has 0 aliphatic rings. The van der Waals surface area contributed by atoms with Gasteiger partial charge in [-0.3, -0.25) is 9.59 Å². The van der Waals surface area contributed by atoms with Crippen molar-refractivity contribution in [3.63, 3.8) is 0 Å². The third-order valence-electron chi connectivity index (χ3n) is 6.05. The molecule has 2 N–H and O–H groups in total. The number of carboxylic acids is 1. The molecule has 3 rings (SSSR count). The topological polar surface area (TPSA) is 75.6 Å². The van der Waals surface area contributed by atoms with Crippen LogP contribution >= 0.6 is 0 Å². The molecule has 3 aromatic carbocycles. The molecule has 0 amide bonds. The lowest BCUT2D eigenvalue weighted by atomic mass is 10.0. The van der Waals surface area contributed by atoms with Crippen LogP contribution in [0.15, 0.2) is 66.7 Å². The first kappa shape index (κ1) is 28.7. The number of carboxylic acid groups (broad SMARTS) is 1. The summed E-state index contributed by atoms with van der Waals surface area (Å²) < 4.78 is 58.6. The van der Waals surface area contributed by atoms with E-state index in [0.717, 1.165) is 17.8 Å². The number of benzene rings is 3. The number of anilines is 1. The summed E-state index contributed by atoms with van der Waals surface area (Å²) in [5.74, 6) is -1.28. The number of ether oxygens (including phenoxy) is 1. The van der Waals surface area contributed by atoms with Gasteiger partial charge in [-0.25, -0.2) is 4.39 Å². The monoisotopic (exact) mass is 531 g/mol. The van der Waals surface area contributed by atoms with Crippen molar-refractivity contribution in [2.24, 2.45) is 5.92 Å². The summed E-state index contributed by atoms with van der Waals surface area (Å²) in [5.41, 5.74) is 0.767. The number of halogens is 4. The molecule has 0 unspecified atom stereocenters. The first-order chi connectivity index (χ1) is 17.9. The molecule has 1 atom stereocenters. The van der Waals surface area contributed by atoms with E-state index in [4.69, 9.17) is 9.84 Å². The van der Waals surface area contributed by atoms with Crippen LogP contribution in [0.3, 0.4) is 0 Å². The Hall–Kier alpha value is -3.88. The zero-order valence-corrected chi connectivity index (χ0v) is 21.0. The van der Waals surface area contributed by atoms with E-state index in [1.165, 1.54) is 0 Å². The fourth-order valence-electron chi connectivity index (χ4n) is 3.75. The molecule has 0 radical (unpaired) electrons. The molecule has 0 spiro atoms. The standard InChI is InChI=1S/C29H29F4NO4/c1-18(2)26(34-22-11-6-20(7-12-22)27(35)4-3-5-28(36)37)17-38-23-13-8-19(9-14-23)24-15-10-21(16-25(24)30)29(31,32)33/h6-16,18,26,34H,3-5,17H2,1-2H3,(H,36,37)/t26-/m1/s1. The highest BCUT2D eigenvalue weighted by atomic mass is 19.4. The summed E-state index contributed by atoms with van der Waals surface area (Å²) in [7, 11) is 0. The molecule has 0 saturated heterocycles. The Morgan fingerprint density at radius 1 is 0.947 bits per heavy atom. The minimum Gasteiger partial charge on any atom is -0.491 e. The van der Waals surface area contributed by atoms with Gasteiger partial charge in [0, 0.05) is 29.7 Å². The summed E-state index contributed by atoms with van der Waals surface area (Å²) in [5, 5.41) is 12.1. The van der Waals surface area contributed by atoms with Crippen molar-refractivity contribution in [1.29, 1.82) is 0 Å². The maximum absolute atomic E-state index is 14.3. The van der Waals surface area contributed by atoms with Crippen LogP contribution in [0, 0.1) is 11.7 Å². The van der Waals surface area contributed by atoms with Crippen molar-refractivity contribution in [2.75, 3.05) is 11.9 Å². The molecule has 0 aliphatic heterocycles. The van der Waals surface area contributed by atoms with Crippen molar-refractivity contribution < 1.29 is 37.0 Å². The Labute approximate surface area is 218 Å². The number of hydrogen-bond donors (Lipinski definition) is 2. The van der Waals surface area contributed by atoms with Crippen molar-refractivity contribution in [3.05, 3.63) is 83.7 Å². The second-order valence-corrected chi connectivity index (χ2v) is 9.27. The fourth-order valence-corrected chi connectivity index (χ4v) is 3.75. The van der Waals surface area contributed by atoms with Crippen LogP contribution in [-0.2, 0) is 11.0 Å². The lowest BCUT2D eigenvalue weighted by Crippen LogP contribution is -2.32. The highest BCUT2D eigenvalue weighted by Gasteiger charge is 2.31. The van der Waals surface area contributed by atoms with Crippen molar-refractivity contribution in [1.82, 2.24) is 0 Å². The minimum absolute atomic E-state index is 0.0455. The molecule has 0 bridgehead atoms. The largest absolute Gasteiger partial charge is 0.491 e. The lowest BCUT2D eigenvalue weighted by Gasteiger charge is -2.24. The van der Waals surface area contributed by atoms with Crippen LogP contribution in [0.25, 0.3) is 11.1 Å². The van der Waals surface area contributed by atoms with Crippen LogP contribution in [0.4, 0.5) is 23.2 Å². The predicted molar refractivity (Wildman–Crippen MR) is 137 cm³/mol. The third-order valence-corrected chi connectivity index (χ3v) is 6.05. The summed E-state index contributed by atoms with van der Waals surface area (Å²) >= 11 is 0. The van der Waals surface area contributed by atoms with Gasteiger partial charge in [0.2, 0.25) is 0 Å². The normalized spacial score (nSPS) is 12.3. The van der Waals surface area contributed by atoms with Crippen molar-refractivity contribution >= 4 is 17.4 Å². The SMILES string of the molecule is CC(C)[C@@H](COc1ccc(-c2ccc(C(F)(F)F)cc2F)cc1)Nc1ccc(C(=O)CCCC(=O)O)cc1. The molecule has 0 heterocycles. The molecule has 0 fully saturated rings. The van der Waals surface area contributed by atoms with E-state index in [1.54, 1.807) is 48.5 Å². The number of nitrogens with one attached hydrogen (secondary N) is 1. The molecular formula is C29H29F4NO4. The van der Waals surface area contributed by atoms with Crippen LogP contribution in [0.2, 0.25) is 0 Å². The molecular weight excluding hydrogens is 502 g/mol. The van der Waals surface area contributed by atoms with E-state index in [0.29, 0.717) is 36.0 Å². The van der Waals surface area contributed by atoms with Gasteiger partial charge in [0.05, 0.1) is 11.6 Å². The van der Waals surface area contributed by atoms with E-state index >= 15 is 0 Å². The Morgan fingerprint density at radius 3 is 2.16 bits per heavy atom. The summed E-state index contributed by atoms with van der Waals surface area (Å²) in [6.07, 6.45) is -4.19. The average molecular weight is 532 g/mol. The molecule has 5 nitrogen and oxygen atoms in total. The second-order valence-electron chi connectivity index (χ2n) is 9.27. The quantitative estimate of drug-likeness (QED) is 0.187. The molecule has 0 aliphatic carbocycles. The Bertz CT molecular complexity index is 1240. The van der Waals surface area contributed by atoms with Gasteiger partial charge in [0.25, 0.3) is 0 Å². The number of aliphatic carboxylic acids is 1. The number of ketones is 1. The molecule has 3 aromatic rings. The van der Waals surface area contributed by atoms with E-state index in [9.17, 15) is 27.2 Å². The summed E-state index contributed by atoms with van der Waals surface area (Å²) in [4.78, 5) is 22.8. The van der Waals surface area contributed by atoms with E-state index in [1.807, 2.05) is 13.8 Å². The zero-order chi connectivity index (χ0) is 27.9. The second kappa shape index (κ2) is 12.6. The lowest BCUT2D eigenvalue weighted by molar-refractivity contribution is -0.138. The van der Waals surface area contributed by atoms with Gasteiger partial charge in [-0.1, -0.05) is 32.0 Å². The molecule has 0 aromatic heterocycles. The van der Waals surface area contributed by atoms with E-state index in [2.05, 4.69) is 5.32 Å². The van der Waals surface area contributed by atoms with Gasteiger partial charge in [-0.05, 0) is 66.4 Å². The molecule has 38 heavy (non-hydrogen) atoms.